The van der Waals surface area contributed by atoms with Gasteiger partial charge in [0.2, 0.25) is 5.91 Å². The maximum atomic E-state index is 11.2. The molecule has 3 nitrogen and oxygen atoms in total. The van der Waals surface area contributed by atoms with Crippen molar-refractivity contribution in [3.05, 3.63) is 0 Å². The van der Waals surface area contributed by atoms with Crippen molar-refractivity contribution in [1.29, 1.82) is 0 Å². The molecular weight excluding hydrogens is 202 g/mol. The fourth-order valence-corrected chi connectivity index (χ4v) is 2.03. The van der Waals surface area contributed by atoms with E-state index in [9.17, 15) is 9.90 Å². The Kier molecular flexibility index (Phi) is 4.20. The van der Waals surface area contributed by atoms with Crippen molar-refractivity contribution in [2.24, 2.45) is 5.92 Å². The molecule has 0 unspecified atom stereocenters. The zero-order valence-electron chi connectivity index (χ0n) is 8.55. The Hall–Kier alpha value is -0.280. The summed E-state index contributed by atoms with van der Waals surface area (Å²) in [5.74, 6) is 0.481. The summed E-state index contributed by atoms with van der Waals surface area (Å²) in [4.78, 5) is 11.2. The molecule has 14 heavy (non-hydrogen) atoms. The van der Waals surface area contributed by atoms with Gasteiger partial charge in [0.05, 0.1) is 12.1 Å². The number of hydrogen-bond acceptors (Lipinski definition) is 2. The van der Waals surface area contributed by atoms with Crippen LogP contribution in [0.1, 0.15) is 32.6 Å². The van der Waals surface area contributed by atoms with Crippen LogP contribution in [0.25, 0.3) is 0 Å². The Morgan fingerprint density at radius 1 is 1.57 bits per heavy atom. The highest BCUT2D eigenvalue weighted by Crippen LogP contribution is 2.31. The molecule has 0 aromatic carbocycles. The molecule has 0 aromatic rings. The number of nitrogens with one attached hydrogen (secondary N) is 1. The number of rotatable bonds is 3. The highest BCUT2D eigenvalue weighted by Gasteiger charge is 2.34. The lowest BCUT2D eigenvalue weighted by Crippen LogP contribution is -2.53. The molecule has 0 radical (unpaired) electrons. The summed E-state index contributed by atoms with van der Waals surface area (Å²) >= 11 is 5.43. The van der Waals surface area contributed by atoms with Gasteiger partial charge in [0, 0.05) is 0 Å². The van der Waals surface area contributed by atoms with Crippen molar-refractivity contribution in [3.63, 3.8) is 0 Å². The summed E-state index contributed by atoms with van der Waals surface area (Å²) in [6.45, 7) is 2.22. The van der Waals surface area contributed by atoms with Gasteiger partial charge in [-0.1, -0.05) is 6.92 Å². The first-order valence-corrected chi connectivity index (χ1v) is 5.63. The summed E-state index contributed by atoms with van der Waals surface area (Å²) < 4.78 is 0. The summed E-state index contributed by atoms with van der Waals surface area (Å²) in [5.41, 5.74) is -0.404. The summed E-state index contributed by atoms with van der Waals surface area (Å²) in [6, 6.07) is 0. The predicted molar refractivity (Wildman–Crippen MR) is 56.3 cm³/mol. The van der Waals surface area contributed by atoms with Gasteiger partial charge >= 0.3 is 0 Å². The van der Waals surface area contributed by atoms with Gasteiger partial charge in [0.1, 0.15) is 5.88 Å². The maximum absolute atomic E-state index is 11.2. The second-order valence-corrected chi connectivity index (χ2v) is 4.57. The number of carbonyl (C=O) groups is 1. The van der Waals surface area contributed by atoms with Gasteiger partial charge in [-0.3, -0.25) is 4.79 Å². The van der Waals surface area contributed by atoms with E-state index in [1.54, 1.807) is 0 Å². The molecule has 1 amide bonds. The molecule has 0 heterocycles. The molecule has 0 saturated heterocycles. The second-order valence-electron chi connectivity index (χ2n) is 4.30. The molecule has 0 spiro atoms. The normalized spacial score (nSPS) is 32.6. The van der Waals surface area contributed by atoms with E-state index in [0.29, 0.717) is 5.92 Å². The topological polar surface area (TPSA) is 49.3 Å². The molecule has 0 atom stereocenters. The zero-order chi connectivity index (χ0) is 10.6. The Morgan fingerprint density at radius 2 is 2.14 bits per heavy atom. The van der Waals surface area contributed by atoms with Crippen LogP contribution in [0, 0.1) is 5.92 Å². The quantitative estimate of drug-likeness (QED) is 0.703. The van der Waals surface area contributed by atoms with E-state index < -0.39 is 5.54 Å². The Morgan fingerprint density at radius 3 is 2.57 bits per heavy atom. The van der Waals surface area contributed by atoms with Crippen LogP contribution in [-0.2, 0) is 4.79 Å². The van der Waals surface area contributed by atoms with Gasteiger partial charge in [-0.2, -0.15) is 0 Å². The first-order valence-electron chi connectivity index (χ1n) is 5.10. The molecule has 1 rings (SSSR count). The van der Waals surface area contributed by atoms with Gasteiger partial charge < -0.3 is 10.4 Å². The minimum atomic E-state index is -0.404. The van der Waals surface area contributed by atoms with Crippen LogP contribution < -0.4 is 5.32 Å². The maximum Gasteiger partial charge on any atom is 0.235 e. The Balaban J connectivity index is 2.54. The van der Waals surface area contributed by atoms with E-state index in [0.717, 1.165) is 25.7 Å². The molecule has 1 saturated carbocycles. The molecule has 1 fully saturated rings. The lowest BCUT2D eigenvalue weighted by molar-refractivity contribution is -0.121. The third kappa shape index (κ3) is 2.85. The number of aliphatic hydroxyl groups is 1. The first-order chi connectivity index (χ1) is 6.62. The fraction of sp³-hybridized carbons (Fsp3) is 0.900. The lowest BCUT2D eigenvalue weighted by atomic mass is 9.77. The Bertz CT molecular complexity index is 200. The summed E-state index contributed by atoms with van der Waals surface area (Å²) in [6.07, 6.45) is 3.83. The van der Waals surface area contributed by atoms with Crippen LogP contribution in [0.15, 0.2) is 0 Å². The van der Waals surface area contributed by atoms with E-state index in [4.69, 9.17) is 11.6 Å². The molecule has 0 bridgehead atoms. The van der Waals surface area contributed by atoms with Crippen molar-refractivity contribution in [2.45, 2.75) is 38.1 Å². The second kappa shape index (κ2) is 4.99. The van der Waals surface area contributed by atoms with E-state index in [1.165, 1.54) is 0 Å². The van der Waals surface area contributed by atoms with E-state index in [-0.39, 0.29) is 18.4 Å². The van der Waals surface area contributed by atoms with Crippen molar-refractivity contribution < 1.29 is 9.90 Å². The monoisotopic (exact) mass is 219 g/mol. The molecule has 2 N–H and O–H groups in total. The van der Waals surface area contributed by atoms with Crippen LogP contribution in [0.5, 0.6) is 0 Å². The standard InChI is InChI=1S/C10H18ClNO2/c1-8-2-4-10(7-13,5-3-8)12-9(14)6-11/h8,13H,2-7H2,1H3,(H,12,14). The van der Waals surface area contributed by atoms with Gasteiger partial charge in [-0.15, -0.1) is 11.6 Å². The van der Waals surface area contributed by atoms with E-state index >= 15 is 0 Å². The average molecular weight is 220 g/mol. The minimum absolute atomic E-state index is 0.0162. The lowest BCUT2D eigenvalue weighted by Gasteiger charge is -2.38. The van der Waals surface area contributed by atoms with E-state index in [2.05, 4.69) is 12.2 Å². The number of carbonyl (C=O) groups excluding carboxylic acids is 1. The number of aliphatic hydroxyl groups excluding tert-OH is 1. The van der Waals surface area contributed by atoms with Crippen molar-refractivity contribution in [1.82, 2.24) is 5.32 Å². The predicted octanol–water partition coefficient (Wildman–Crippen LogP) is 1.28. The van der Waals surface area contributed by atoms with Crippen LogP contribution in [-0.4, -0.2) is 29.0 Å². The SMILES string of the molecule is CC1CCC(CO)(NC(=O)CCl)CC1. The third-order valence-electron chi connectivity index (χ3n) is 3.06. The number of amides is 1. The van der Waals surface area contributed by atoms with Crippen molar-refractivity contribution in [3.8, 4) is 0 Å². The molecule has 82 valence electrons. The number of halogens is 1. The number of alkyl halides is 1. The molecule has 0 aromatic heterocycles. The molecule has 0 aliphatic heterocycles. The van der Waals surface area contributed by atoms with Crippen molar-refractivity contribution >= 4 is 17.5 Å². The van der Waals surface area contributed by atoms with Gasteiger partial charge in [-0.25, -0.2) is 0 Å². The molecule has 1 aliphatic carbocycles. The fourth-order valence-electron chi connectivity index (χ4n) is 1.97. The van der Waals surface area contributed by atoms with Gasteiger partial charge in [0.25, 0.3) is 0 Å². The molecule has 1 aliphatic rings. The summed E-state index contributed by atoms with van der Waals surface area (Å²) in [7, 11) is 0. The highest BCUT2D eigenvalue weighted by molar-refractivity contribution is 6.27. The van der Waals surface area contributed by atoms with Crippen LogP contribution in [0.3, 0.4) is 0 Å². The van der Waals surface area contributed by atoms with Crippen LogP contribution in [0.4, 0.5) is 0 Å². The van der Waals surface area contributed by atoms with Crippen LogP contribution in [0.2, 0.25) is 0 Å². The minimum Gasteiger partial charge on any atom is -0.394 e. The molecular formula is C10H18ClNO2. The van der Waals surface area contributed by atoms with Crippen molar-refractivity contribution in [2.75, 3.05) is 12.5 Å². The van der Waals surface area contributed by atoms with Gasteiger partial charge in [0.15, 0.2) is 0 Å². The zero-order valence-corrected chi connectivity index (χ0v) is 9.31. The van der Waals surface area contributed by atoms with Gasteiger partial charge in [-0.05, 0) is 31.6 Å². The Labute approximate surface area is 89.8 Å². The third-order valence-corrected chi connectivity index (χ3v) is 3.30. The average Bonchev–Trinajstić information content (AvgIpc) is 2.22. The van der Waals surface area contributed by atoms with Crippen LogP contribution >= 0.6 is 11.6 Å². The first kappa shape index (κ1) is 11.8. The summed E-state index contributed by atoms with van der Waals surface area (Å²) in [5, 5.41) is 12.1. The smallest absolute Gasteiger partial charge is 0.235 e. The largest absolute Gasteiger partial charge is 0.394 e. The van der Waals surface area contributed by atoms with E-state index in [1.807, 2.05) is 0 Å². The molecule has 4 heteroatoms. The highest BCUT2D eigenvalue weighted by atomic mass is 35.5. The number of hydrogen-bond donors (Lipinski definition) is 2.